The van der Waals surface area contributed by atoms with Crippen molar-refractivity contribution in [3.63, 3.8) is 0 Å². The highest BCUT2D eigenvalue weighted by Gasteiger charge is 2.24. The molecule has 59 heavy (non-hydrogen) atoms. The van der Waals surface area contributed by atoms with E-state index >= 15 is 0 Å². The Balaban J connectivity index is 4.53. The number of esters is 1. The van der Waals surface area contributed by atoms with E-state index in [1.807, 2.05) is 0 Å². The molecule has 6 heteroatoms. The van der Waals surface area contributed by atoms with Gasteiger partial charge in [0.25, 0.3) is 0 Å². The van der Waals surface area contributed by atoms with Crippen LogP contribution in [-0.2, 0) is 14.3 Å². The number of hydrogen-bond acceptors (Lipinski definition) is 5. The zero-order valence-corrected chi connectivity index (χ0v) is 39.9. The van der Waals surface area contributed by atoms with Gasteiger partial charge in [0.2, 0.25) is 5.91 Å². The maximum absolute atomic E-state index is 13.2. The number of carbonyl (C=O) groups is 2. The second-order valence-electron chi connectivity index (χ2n) is 18.3. The molecule has 0 aromatic carbocycles. The average molecular weight is 834 g/mol. The second kappa shape index (κ2) is 47.6. The first-order chi connectivity index (χ1) is 29.0. The maximum atomic E-state index is 13.2. The SMILES string of the molecule is CCCCCCCC/C=C/CCCCCCCCCC(CC(=O)NC(CO)C(O)CCCCCCCCCCCCCC)OC(=O)CCCCCCCCCCCCC. The minimum atomic E-state index is -0.782. The summed E-state index contributed by atoms with van der Waals surface area (Å²) in [6.07, 6.45) is 52.7. The van der Waals surface area contributed by atoms with Gasteiger partial charge in [-0.05, 0) is 51.4 Å². The van der Waals surface area contributed by atoms with E-state index in [9.17, 15) is 19.8 Å². The Bertz CT molecular complexity index is 893. The number of unbranched alkanes of at least 4 members (excludes halogenated alkanes) is 34. The van der Waals surface area contributed by atoms with E-state index in [4.69, 9.17) is 4.74 Å². The van der Waals surface area contributed by atoms with E-state index < -0.39 is 18.2 Å². The van der Waals surface area contributed by atoms with Crippen LogP contribution in [0.2, 0.25) is 0 Å². The van der Waals surface area contributed by atoms with E-state index in [1.54, 1.807) is 0 Å². The van der Waals surface area contributed by atoms with Gasteiger partial charge >= 0.3 is 5.97 Å². The van der Waals surface area contributed by atoms with Crippen LogP contribution in [0.25, 0.3) is 0 Å². The van der Waals surface area contributed by atoms with Gasteiger partial charge < -0.3 is 20.3 Å². The van der Waals surface area contributed by atoms with Crippen LogP contribution in [0.1, 0.15) is 290 Å². The van der Waals surface area contributed by atoms with Gasteiger partial charge in [0, 0.05) is 6.42 Å². The molecule has 0 fully saturated rings. The lowest BCUT2D eigenvalue weighted by atomic mass is 10.0. The molecule has 3 N–H and O–H groups in total. The molecule has 6 nitrogen and oxygen atoms in total. The van der Waals surface area contributed by atoms with Gasteiger partial charge in [-0.25, -0.2) is 0 Å². The Hall–Kier alpha value is -1.40. The first-order valence-corrected chi connectivity index (χ1v) is 26.4. The Kier molecular flexibility index (Phi) is 46.5. The molecule has 350 valence electrons. The fraction of sp³-hybridized carbons (Fsp3) is 0.925. The summed E-state index contributed by atoms with van der Waals surface area (Å²) in [5.74, 6) is -0.461. The standard InChI is InChI=1S/C53H103NO5/c1-4-7-10-13-16-19-22-24-25-26-27-28-30-32-35-38-41-44-49(59-53(58)46-43-40-37-34-29-21-18-15-12-9-6-3)47-52(57)54-50(48-55)51(56)45-42-39-36-33-31-23-20-17-14-11-8-5-2/h24-25,49-51,55-56H,4-23,26-48H2,1-3H3,(H,54,57)/b25-24+. The topological polar surface area (TPSA) is 95.9 Å². The largest absolute Gasteiger partial charge is 0.462 e. The van der Waals surface area contributed by atoms with Gasteiger partial charge in [0.15, 0.2) is 0 Å². The van der Waals surface area contributed by atoms with Gasteiger partial charge in [-0.1, -0.05) is 238 Å². The van der Waals surface area contributed by atoms with Crippen molar-refractivity contribution in [1.29, 1.82) is 0 Å². The Morgan fingerprint density at radius 3 is 1.20 bits per heavy atom. The Morgan fingerprint density at radius 2 is 0.814 bits per heavy atom. The van der Waals surface area contributed by atoms with Gasteiger partial charge in [0.1, 0.15) is 6.10 Å². The second-order valence-corrected chi connectivity index (χ2v) is 18.3. The molecule has 3 unspecified atom stereocenters. The summed E-state index contributed by atoms with van der Waals surface area (Å²) in [7, 11) is 0. The van der Waals surface area contributed by atoms with Crippen LogP contribution in [0.4, 0.5) is 0 Å². The smallest absolute Gasteiger partial charge is 0.306 e. The predicted octanol–water partition coefficient (Wildman–Crippen LogP) is 15.7. The molecule has 1 amide bonds. The molecular formula is C53H103NO5. The third kappa shape index (κ3) is 43.1. The van der Waals surface area contributed by atoms with Crippen molar-refractivity contribution >= 4 is 11.9 Å². The zero-order chi connectivity index (χ0) is 43.1. The van der Waals surface area contributed by atoms with Gasteiger partial charge in [-0.2, -0.15) is 0 Å². The summed E-state index contributed by atoms with van der Waals surface area (Å²) in [5, 5.41) is 23.8. The molecule has 0 bridgehead atoms. The van der Waals surface area contributed by atoms with Gasteiger partial charge in [-0.3, -0.25) is 9.59 Å². The number of carbonyl (C=O) groups excluding carboxylic acids is 2. The summed E-state index contributed by atoms with van der Waals surface area (Å²) < 4.78 is 5.94. The monoisotopic (exact) mass is 834 g/mol. The van der Waals surface area contributed by atoms with Crippen molar-refractivity contribution in [2.24, 2.45) is 0 Å². The summed E-state index contributed by atoms with van der Waals surface area (Å²) in [6.45, 7) is 6.49. The average Bonchev–Trinajstić information content (AvgIpc) is 3.23. The normalized spacial score (nSPS) is 13.2. The summed E-state index contributed by atoms with van der Waals surface area (Å²) in [4.78, 5) is 26.1. The highest BCUT2D eigenvalue weighted by Crippen LogP contribution is 2.18. The lowest BCUT2D eigenvalue weighted by Crippen LogP contribution is -2.46. The van der Waals surface area contributed by atoms with E-state index in [2.05, 4.69) is 38.2 Å². The third-order valence-electron chi connectivity index (χ3n) is 12.3. The molecule has 0 radical (unpaired) electrons. The molecule has 0 saturated carbocycles. The predicted molar refractivity (Wildman–Crippen MR) is 255 cm³/mol. The van der Waals surface area contributed by atoms with Crippen LogP contribution in [0.5, 0.6) is 0 Å². The number of allylic oxidation sites excluding steroid dienone is 2. The van der Waals surface area contributed by atoms with E-state index in [1.165, 1.54) is 193 Å². The van der Waals surface area contributed by atoms with Crippen molar-refractivity contribution in [2.45, 2.75) is 309 Å². The van der Waals surface area contributed by atoms with Crippen LogP contribution in [-0.4, -0.2) is 46.9 Å². The van der Waals surface area contributed by atoms with Crippen molar-refractivity contribution < 1.29 is 24.5 Å². The summed E-state index contributed by atoms with van der Waals surface area (Å²) in [6, 6.07) is -0.696. The lowest BCUT2D eigenvalue weighted by Gasteiger charge is -2.24. The molecule has 0 heterocycles. The molecule has 0 aliphatic rings. The number of aliphatic hydroxyl groups is 2. The quantitative estimate of drug-likeness (QED) is 0.0322. The Morgan fingerprint density at radius 1 is 0.475 bits per heavy atom. The van der Waals surface area contributed by atoms with E-state index in [-0.39, 0.29) is 24.9 Å². The maximum Gasteiger partial charge on any atom is 0.306 e. The van der Waals surface area contributed by atoms with Crippen molar-refractivity contribution in [3.05, 3.63) is 12.2 Å². The molecule has 0 rings (SSSR count). The zero-order valence-electron chi connectivity index (χ0n) is 39.9. The number of aliphatic hydroxyl groups excluding tert-OH is 2. The third-order valence-corrected chi connectivity index (χ3v) is 12.3. The number of ether oxygens (including phenoxy) is 1. The highest BCUT2D eigenvalue weighted by atomic mass is 16.5. The summed E-state index contributed by atoms with van der Waals surface area (Å²) >= 11 is 0. The van der Waals surface area contributed by atoms with Crippen molar-refractivity contribution in [2.75, 3.05) is 6.61 Å². The van der Waals surface area contributed by atoms with Gasteiger partial charge in [0.05, 0.1) is 25.2 Å². The van der Waals surface area contributed by atoms with E-state index in [0.717, 1.165) is 51.4 Å². The fourth-order valence-corrected chi connectivity index (χ4v) is 8.31. The van der Waals surface area contributed by atoms with E-state index in [0.29, 0.717) is 19.3 Å². The minimum Gasteiger partial charge on any atom is -0.462 e. The number of nitrogens with one attached hydrogen (secondary N) is 1. The highest BCUT2D eigenvalue weighted by molar-refractivity contribution is 5.77. The fourth-order valence-electron chi connectivity index (χ4n) is 8.31. The number of hydrogen-bond donors (Lipinski definition) is 3. The van der Waals surface area contributed by atoms with Crippen LogP contribution in [0.3, 0.4) is 0 Å². The number of amides is 1. The minimum absolute atomic E-state index is 0.0815. The first-order valence-electron chi connectivity index (χ1n) is 26.4. The van der Waals surface area contributed by atoms with Crippen LogP contribution in [0.15, 0.2) is 12.2 Å². The summed E-state index contributed by atoms with van der Waals surface area (Å²) in [5.41, 5.74) is 0. The molecule has 0 saturated heterocycles. The molecule has 0 aromatic rings. The van der Waals surface area contributed by atoms with Gasteiger partial charge in [-0.15, -0.1) is 0 Å². The molecule has 0 spiro atoms. The van der Waals surface area contributed by atoms with Crippen LogP contribution < -0.4 is 5.32 Å². The number of rotatable bonds is 48. The molecular weight excluding hydrogens is 731 g/mol. The van der Waals surface area contributed by atoms with Crippen LogP contribution in [0, 0.1) is 0 Å². The first kappa shape index (κ1) is 57.6. The molecule has 0 aliphatic carbocycles. The lowest BCUT2D eigenvalue weighted by molar-refractivity contribution is -0.151. The van der Waals surface area contributed by atoms with Crippen molar-refractivity contribution in [3.8, 4) is 0 Å². The molecule has 0 aromatic heterocycles. The molecule has 0 aliphatic heterocycles. The Labute approximate surface area is 368 Å². The van der Waals surface area contributed by atoms with Crippen molar-refractivity contribution in [1.82, 2.24) is 5.32 Å². The molecule has 3 atom stereocenters. The van der Waals surface area contributed by atoms with Crippen LogP contribution >= 0.6 is 0 Å².